The minimum Gasteiger partial charge on any atom is -0.488 e. The second-order valence-corrected chi connectivity index (χ2v) is 5.62. The molecular weight excluding hydrogens is 236 g/mol. The van der Waals surface area contributed by atoms with E-state index in [-0.39, 0.29) is 6.61 Å². The number of hydrogen-bond donors (Lipinski definition) is 1. The van der Waals surface area contributed by atoms with E-state index in [1.807, 2.05) is 18.2 Å². The maximum Gasteiger partial charge on any atom is 0.143 e. The van der Waals surface area contributed by atoms with Crippen LogP contribution in [0.2, 0.25) is 5.02 Å². The molecule has 3 rings (SSSR count). The van der Waals surface area contributed by atoms with Gasteiger partial charge in [0, 0.05) is 5.56 Å². The zero-order valence-electron chi connectivity index (χ0n) is 9.73. The van der Waals surface area contributed by atoms with Crippen LogP contribution in [0.3, 0.4) is 0 Å². The normalized spacial score (nSPS) is 30.8. The molecule has 3 heteroatoms. The van der Waals surface area contributed by atoms with Crippen molar-refractivity contribution < 1.29 is 9.84 Å². The van der Waals surface area contributed by atoms with E-state index in [0.29, 0.717) is 22.8 Å². The van der Waals surface area contributed by atoms with Gasteiger partial charge in [0.25, 0.3) is 0 Å². The topological polar surface area (TPSA) is 29.5 Å². The summed E-state index contributed by atoms with van der Waals surface area (Å²) >= 11 is 6.15. The minimum absolute atomic E-state index is 0.0172. The van der Waals surface area contributed by atoms with Gasteiger partial charge in [0.15, 0.2) is 0 Å². The predicted molar refractivity (Wildman–Crippen MR) is 67.2 cm³/mol. The summed E-state index contributed by atoms with van der Waals surface area (Å²) in [7, 11) is 0. The quantitative estimate of drug-likeness (QED) is 0.894. The van der Waals surface area contributed by atoms with E-state index in [1.165, 1.54) is 19.3 Å². The lowest BCUT2D eigenvalue weighted by Crippen LogP contribution is -2.24. The molecule has 0 heterocycles. The average molecular weight is 253 g/mol. The zero-order chi connectivity index (χ0) is 11.8. The van der Waals surface area contributed by atoms with Gasteiger partial charge in [-0.1, -0.05) is 23.7 Å². The predicted octanol–water partition coefficient (Wildman–Crippen LogP) is 3.40. The van der Waals surface area contributed by atoms with Crippen LogP contribution in [0.4, 0.5) is 0 Å². The number of hydrogen-bond acceptors (Lipinski definition) is 2. The van der Waals surface area contributed by atoms with E-state index < -0.39 is 0 Å². The molecule has 2 saturated carbocycles. The van der Waals surface area contributed by atoms with Crippen LogP contribution in [0.1, 0.15) is 31.2 Å². The van der Waals surface area contributed by atoms with Gasteiger partial charge >= 0.3 is 0 Å². The Kier molecular flexibility index (Phi) is 3.01. The molecule has 1 N–H and O–H groups in total. The number of benzene rings is 1. The second-order valence-electron chi connectivity index (χ2n) is 5.22. The van der Waals surface area contributed by atoms with Gasteiger partial charge in [-0.2, -0.15) is 0 Å². The Morgan fingerprint density at radius 2 is 2.18 bits per heavy atom. The second kappa shape index (κ2) is 4.51. The summed E-state index contributed by atoms with van der Waals surface area (Å²) in [5.41, 5.74) is 0.792. The van der Waals surface area contributed by atoms with Gasteiger partial charge in [0.05, 0.1) is 11.6 Å². The minimum atomic E-state index is -0.0172. The molecule has 92 valence electrons. The van der Waals surface area contributed by atoms with Crippen molar-refractivity contribution in [3.05, 3.63) is 28.8 Å². The smallest absolute Gasteiger partial charge is 0.143 e. The Labute approximate surface area is 107 Å². The van der Waals surface area contributed by atoms with Crippen LogP contribution < -0.4 is 4.74 Å². The first-order valence-electron chi connectivity index (χ1n) is 6.33. The fraction of sp³-hybridized carbons (Fsp3) is 0.571. The largest absolute Gasteiger partial charge is 0.488 e. The molecule has 3 unspecified atom stereocenters. The van der Waals surface area contributed by atoms with E-state index in [4.69, 9.17) is 16.3 Å². The van der Waals surface area contributed by atoms with Crippen molar-refractivity contribution in [3.63, 3.8) is 0 Å². The van der Waals surface area contributed by atoms with Crippen LogP contribution in [-0.2, 0) is 6.61 Å². The van der Waals surface area contributed by atoms with E-state index in [1.54, 1.807) is 0 Å². The highest BCUT2D eigenvalue weighted by Crippen LogP contribution is 2.46. The Balaban J connectivity index is 1.81. The van der Waals surface area contributed by atoms with Gasteiger partial charge in [0.2, 0.25) is 0 Å². The van der Waals surface area contributed by atoms with Gasteiger partial charge in [-0.3, -0.25) is 0 Å². The first-order chi connectivity index (χ1) is 8.28. The van der Waals surface area contributed by atoms with Crippen molar-refractivity contribution in [1.29, 1.82) is 0 Å². The van der Waals surface area contributed by atoms with Crippen LogP contribution in [0.5, 0.6) is 5.75 Å². The SMILES string of the molecule is OCc1cccc(Cl)c1OC1CC2CCC1C2. The number of rotatable bonds is 3. The van der Waals surface area contributed by atoms with Gasteiger partial charge in [-0.25, -0.2) is 0 Å². The maximum atomic E-state index is 9.31. The fourth-order valence-electron chi connectivity index (χ4n) is 3.29. The van der Waals surface area contributed by atoms with Crippen LogP contribution in [-0.4, -0.2) is 11.2 Å². The number of para-hydroxylation sites is 1. The van der Waals surface area contributed by atoms with Crippen molar-refractivity contribution in [2.75, 3.05) is 0 Å². The van der Waals surface area contributed by atoms with Gasteiger partial charge < -0.3 is 9.84 Å². The molecule has 2 bridgehead atoms. The maximum absolute atomic E-state index is 9.31. The summed E-state index contributed by atoms with van der Waals surface area (Å²) in [6.07, 6.45) is 5.41. The lowest BCUT2D eigenvalue weighted by Gasteiger charge is -2.24. The summed E-state index contributed by atoms with van der Waals surface area (Å²) in [5, 5.41) is 9.92. The molecule has 0 saturated heterocycles. The monoisotopic (exact) mass is 252 g/mol. The molecular formula is C14H17ClO2. The summed E-state index contributed by atoms with van der Waals surface area (Å²) in [6, 6.07) is 5.54. The molecule has 0 spiro atoms. The van der Waals surface area contributed by atoms with Crippen LogP contribution in [0.25, 0.3) is 0 Å². The zero-order valence-corrected chi connectivity index (χ0v) is 10.5. The van der Waals surface area contributed by atoms with E-state index in [9.17, 15) is 5.11 Å². The highest BCUT2D eigenvalue weighted by atomic mass is 35.5. The molecule has 0 aliphatic heterocycles. The van der Waals surface area contributed by atoms with E-state index >= 15 is 0 Å². The van der Waals surface area contributed by atoms with Crippen molar-refractivity contribution in [2.45, 2.75) is 38.4 Å². The highest BCUT2D eigenvalue weighted by Gasteiger charge is 2.41. The number of halogens is 1. The lowest BCUT2D eigenvalue weighted by atomic mass is 9.97. The number of aliphatic hydroxyl groups is 1. The van der Waals surface area contributed by atoms with Gasteiger partial charge in [0.1, 0.15) is 11.9 Å². The Bertz CT molecular complexity index is 419. The first kappa shape index (κ1) is 11.4. The van der Waals surface area contributed by atoms with Crippen LogP contribution >= 0.6 is 11.6 Å². The Morgan fingerprint density at radius 3 is 2.82 bits per heavy atom. The van der Waals surface area contributed by atoms with Gasteiger partial charge in [-0.05, 0) is 43.6 Å². The van der Waals surface area contributed by atoms with Crippen molar-refractivity contribution in [2.24, 2.45) is 11.8 Å². The summed E-state index contributed by atoms with van der Waals surface area (Å²) in [5.74, 6) is 2.24. The third-order valence-electron chi connectivity index (χ3n) is 4.16. The molecule has 3 atom stereocenters. The van der Waals surface area contributed by atoms with Crippen molar-refractivity contribution >= 4 is 11.6 Å². The fourth-order valence-corrected chi connectivity index (χ4v) is 3.53. The third kappa shape index (κ3) is 2.04. The molecule has 17 heavy (non-hydrogen) atoms. The number of fused-ring (bicyclic) bond motifs is 2. The number of ether oxygens (including phenoxy) is 1. The molecule has 0 aromatic heterocycles. The van der Waals surface area contributed by atoms with E-state index in [2.05, 4.69) is 0 Å². The van der Waals surface area contributed by atoms with Gasteiger partial charge in [-0.15, -0.1) is 0 Å². The Morgan fingerprint density at radius 1 is 1.29 bits per heavy atom. The molecule has 0 radical (unpaired) electrons. The molecule has 0 amide bonds. The first-order valence-corrected chi connectivity index (χ1v) is 6.70. The molecule has 2 nitrogen and oxygen atoms in total. The summed E-state index contributed by atoms with van der Waals surface area (Å²) in [4.78, 5) is 0. The molecule has 2 aliphatic rings. The molecule has 2 fully saturated rings. The van der Waals surface area contributed by atoms with Crippen LogP contribution in [0.15, 0.2) is 18.2 Å². The lowest BCUT2D eigenvalue weighted by molar-refractivity contribution is 0.134. The summed E-state index contributed by atoms with van der Waals surface area (Å²) < 4.78 is 6.07. The molecule has 1 aromatic carbocycles. The highest BCUT2D eigenvalue weighted by molar-refractivity contribution is 6.32. The van der Waals surface area contributed by atoms with Crippen molar-refractivity contribution in [1.82, 2.24) is 0 Å². The average Bonchev–Trinajstić information content (AvgIpc) is 2.93. The van der Waals surface area contributed by atoms with Crippen molar-refractivity contribution in [3.8, 4) is 5.75 Å². The Hall–Kier alpha value is -0.730. The van der Waals surface area contributed by atoms with E-state index in [0.717, 1.165) is 17.9 Å². The van der Waals surface area contributed by atoms with Crippen LogP contribution in [0, 0.1) is 11.8 Å². The third-order valence-corrected chi connectivity index (χ3v) is 4.46. The number of aliphatic hydroxyl groups excluding tert-OH is 1. The standard InChI is InChI=1S/C14H17ClO2/c15-12-3-1-2-11(8-16)14(12)17-13-7-9-4-5-10(13)6-9/h1-3,9-10,13,16H,4-8H2. The molecule has 1 aromatic rings. The molecule has 2 aliphatic carbocycles. The summed E-state index contributed by atoms with van der Waals surface area (Å²) in [6.45, 7) is -0.0172.